The summed E-state index contributed by atoms with van der Waals surface area (Å²) in [7, 11) is 0. The smallest absolute Gasteiger partial charge is 0.262 e. The summed E-state index contributed by atoms with van der Waals surface area (Å²) in [5.74, 6) is -1.87. The lowest BCUT2D eigenvalue weighted by Gasteiger charge is -2.63. The Hall–Kier alpha value is -5.66. The number of benzene rings is 2. The van der Waals surface area contributed by atoms with Gasteiger partial charge in [0.15, 0.2) is 0 Å². The summed E-state index contributed by atoms with van der Waals surface area (Å²) in [4.78, 5) is 80.3. The summed E-state index contributed by atoms with van der Waals surface area (Å²) in [6.07, 6.45) is 4.60. The van der Waals surface area contributed by atoms with Crippen LogP contribution in [0.5, 0.6) is 5.75 Å². The zero-order valence-electron chi connectivity index (χ0n) is 34.0. The van der Waals surface area contributed by atoms with E-state index in [9.17, 15) is 29.2 Å². The van der Waals surface area contributed by atoms with E-state index in [1.165, 1.54) is 6.07 Å². The van der Waals surface area contributed by atoms with Crippen LogP contribution in [0.3, 0.4) is 0 Å². The number of halogens is 2. The van der Waals surface area contributed by atoms with Gasteiger partial charge in [0, 0.05) is 87.6 Å². The van der Waals surface area contributed by atoms with Crippen LogP contribution in [-0.2, 0) is 9.59 Å². The predicted molar refractivity (Wildman–Crippen MR) is 218 cm³/mol. The number of ether oxygens (including phenoxy) is 1. The number of carbonyl (C=O) groups excluding carboxylic acids is 5. The molecule has 314 valence electrons. The number of nitriles is 1. The number of aromatic nitrogens is 2. The average Bonchev–Trinajstić information content (AvgIpc) is 3.46. The maximum Gasteiger partial charge on any atom is 0.262 e. The second-order valence-electron chi connectivity index (χ2n) is 17.6. The van der Waals surface area contributed by atoms with Crippen LogP contribution >= 0.6 is 11.6 Å². The van der Waals surface area contributed by atoms with Gasteiger partial charge in [-0.1, -0.05) is 39.3 Å². The van der Waals surface area contributed by atoms with Crippen LogP contribution in [0.4, 0.5) is 16.0 Å². The summed E-state index contributed by atoms with van der Waals surface area (Å²) in [5, 5.41) is 14.9. The first-order valence-corrected chi connectivity index (χ1v) is 20.7. The van der Waals surface area contributed by atoms with Crippen molar-refractivity contribution in [3.63, 3.8) is 0 Å². The van der Waals surface area contributed by atoms with Crippen molar-refractivity contribution in [1.82, 2.24) is 30.4 Å². The fourth-order valence-corrected chi connectivity index (χ4v) is 10.2. The van der Waals surface area contributed by atoms with Gasteiger partial charge < -0.3 is 19.9 Å². The quantitative estimate of drug-likeness (QED) is 0.294. The minimum atomic E-state index is -1.11. The minimum Gasteiger partial charge on any atom is -0.489 e. The highest BCUT2D eigenvalue weighted by Gasteiger charge is 2.64. The first kappa shape index (κ1) is 41.1. The molecule has 0 radical (unpaired) electrons. The molecule has 1 aliphatic carbocycles. The van der Waals surface area contributed by atoms with Crippen molar-refractivity contribution in [3.8, 4) is 11.8 Å². The van der Waals surface area contributed by atoms with Crippen LogP contribution in [0.15, 0.2) is 42.7 Å². The predicted octanol–water partition coefficient (Wildman–Crippen LogP) is 4.19. The van der Waals surface area contributed by atoms with E-state index in [0.29, 0.717) is 46.9 Å². The Bertz CT molecular complexity index is 2280. The summed E-state index contributed by atoms with van der Waals surface area (Å²) < 4.78 is 21.8. The second-order valence-corrected chi connectivity index (χ2v) is 18.0. The minimum absolute atomic E-state index is 0.0108. The number of hydrogen-bond donors (Lipinski definition) is 2. The molecule has 17 heteroatoms. The second kappa shape index (κ2) is 15.7. The van der Waals surface area contributed by atoms with Gasteiger partial charge >= 0.3 is 0 Å². The van der Waals surface area contributed by atoms with E-state index < -0.39 is 46.3 Å². The molecule has 4 fully saturated rings. The third kappa shape index (κ3) is 7.42. The average molecular weight is 840 g/mol. The molecular formula is C43H47ClFN9O6. The Kier molecular flexibility index (Phi) is 10.8. The maximum absolute atomic E-state index is 15.5. The molecular weight excluding hydrogens is 793 g/mol. The molecule has 1 aromatic heterocycles. The molecule has 1 unspecified atom stereocenters. The molecule has 5 aliphatic rings. The Morgan fingerprint density at radius 1 is 0.933 bits per heavy atom. The zero-order valence-corrected chi connectivity index (χ0v) is 34.7. The van der Waals surface area contributed by atoms with Crippen LogP contribution < -0.4 is 25.2 Å². The number of nitrogens with zero attached hydrogens (tertiary/aromatic N) is 7. The molecule has 3 saturated heterocycles. The molecule has 0 spiro atoms. The summed E-state index contributed by atoms with van der Waals surface area (Å²) in [6.45, 7) is 13.4. The molecule has 60 heavy (non-hydrogen) atoms. The molecule has 5 heterocycles. The van der Waals surface area contributed by atoms with Gasteiger partial charge in [-0.05, 0) is 49.4 Å². The number of anilines is 2. The van der Waals surface area contributed by atoms with E-state index in [0.717, 1.165) is 56.5 Å². The molecule has 2 N–H and O–H groups in total. The van der Waals surface area contributed by atoms with Gasteiger partial charge in [-0.15, -0.1) is 0 Å². The SMILES string of the molecule is CC1(C)[C@H](NC(=O)c2cnc(N3CCN(CC4CCN(c5cc6c(cc5F)C(=O)N(C5CCC(=O)NC5=O)C6=O)CC4)CC3)nc2)C(C)(C)[C@H]1Oc1ccc(C#N)c(Cl)c1. The fraction of sp³-hybridized carbons (Fsp3) is 0.488. The lowest BCUT2D eigenvalue weighted by atomic mass is 9.49. The van der Waals surface area contributed by atoms with Gasteiger partial charge in [0.1, 0.15) is 29.8 Å². The zero-order chi connectivity index (χ0) is 42.7. The third-order valence-corrected chi connectivity index (χ3v) is 13.3. The lowest BCUT2D eigenvalue weighted by Crippen LogP contribution is -2.74. The molecule has 15 nitrogen and oxygen atoms in total. The number of hydrogen-bond acceptors (Lipinski definition) is 12. The molecule has 8 rings (SSSR count). The summed E-state index contributed by atoms with van der Waals surface area (Å²) >= 11 is 6.24. The number of piperidine rings is 2. The van der Waals surface area contributed by atoms with Gasteiger partial charge in [0.2, 0.25) is 17.8 Å². The standard InChI is InChI=1S/C43H47ClFN9O6/c1-42(2)39(43(3,4)40(42)60-27-6-5-25(20-46)30(44)17-27)50-35(56)26-21-47-41(48-22-26)53-15-13-51(14-16-53)23-24-9-11-52(12-10-24)33-19-29-28(18-31(33)45)37(58)54(38(29)59)32-7-8-34(55)49-36(32)57/h5-6,17-19,21-22,24,32,39-40H,7-16,23H2,1-4H3,(H,50,56)(H,49,55,57)/t32?,39-,40-. The van der Waals surface area contributed by atoms with E-state index in [4.69, 9.17) is 16.3 Å². The number of nitrogens with one attached hydrogen (secondary N) is 2. The largest absolute Gasteiger partial charge is 0.489 e. The van der Waals surface area contributed by atoms with Crippen LogP contribution in [0, 0.1) is 33.9 Å². The van der Waals surface area contributed by atoms with Crippen molar-refractivity contribution in [1.29, 1.82) is 5.26 Å². The number of carbonyl (C=O) groups is 5. The Morgan fingerprint density at radius 3 is 2.20 bits per heavy atom. The molecule has 5 amide bonds. The van der Waals surface area contributed by atoms with Gasteiger partial charge in [-0.25, -0.2) is 14.4 Å². The van der Waals surface area contributed by atoms with E-state index >= 15 is 4.39 Å². The third-order valence-electron chi connectivity index (χ3n) is 13.0. The first-order valence-electron chi connectivity index (χ1n) is 20.3. The Balaban J connectivity index is 0.800. The lowest BCUT2D eigenvalue weighted by molar-refractivity contribution is -0.164. The van der Waals surface area contributed by atoms with Crippen molar-refractivity contribution in [2.45, 2.75) is 71.6 Å². The highest BCUT2D eigenvalue weighted by atomic mass is 35.5. The van der Waals surface area contributed by atoms with Gasteiger partial charge in [-0.3, -0.25) is 39.1 Å². The highest BCUT2D eigenvalue weighted by Crippen LogP contribution is 2.55. The van der Waals surface area contributed by atoms with E-state index in [1.54, 1.807) is 30.6 Å². The number of rotatable bonds is 9. The number of amides is 5. The molecule has 0 bridgehead atoms. The highest BCUT2D eigenvalue weighted by molar-refractivity contribution is 6.31. The van der Waals surface area contributed by atoms with Crippen LogP contribution in [-0.4, -0.2) is 113 Å². The molecule has 1 saturated carbocycles. The van der Waals surface area contributed by atoms with Crippen molar-refractivity contribution < 1.29 is 33.1 Å². The van der Waals surface area contributed by atoms with E-state index in [2.05, 4.69) is 64.2 Å². The number of imide groups is 2. The van der Waals surface area contributed by atoms with Crippen molar-refractivity contribution in [2.24, 2.45) is 16.7 Å². The maximum atomic E-state index is 15.5. The number of piperazine rings is 1. The molecule has 1 atom stereocenters. The first-order chi connectivity index (χ1) is 28.6. The van der Waals surface area contributed by atoms with Gasteiger partial charge in [-0.2, -0.15) is 5.26 Å². The van der Waals surface area contributed by atoms with Crippen LogP contribution in [0.2, 0.25) is 5.02 Å². The van der Waals surface area contributed by atoms with Gasteiger partial charge in [0.25, 0.3) is 17.7 Å². The molecule has 4 aliphatic heterocycles. The monoisotopic (exact) mass is 839 g/mol. The van der Waals surface area contributed by atoms with Crippen molar-refractivity contribution in [3.05, 3.63) is 75.8 Å². The van der Waals surface area contributed by atoms with Crippen LogP contribution in [0.1, 0.15) is 90.0 Å². The number of fused-ring (bicyclic) bond motifs is 1. The van der Waals surface area contributed by atoms with Crippen molar-refractivity contribution in [2.75, 3.05) is 55.6 Å². The molecule has 2 aromatic carbocycles. The molecule has 3 aromatic rings. The fourth-order valence-electron chi connectivity index (χ4n) is 9.99. The Labute approximate surface area is 352 Å². The van der Waals surface area contributed by atoms with Crippen LogP contribution in [0.25, 0.3) is 0 Å². The Morgan fingerprint density at radius 2 is 1.58 bits per heavy atom. The van der Waals surface area contributed by atoms with Crippen molar-refractivity contribution >= 4 is 52.8 Å². The normalized spacial score (nSPS) is 24.1. The summed E-state index contributed by atoms with van der Waals surface area (Å²) in [5.41, 5.74) is 0.184. The summed E-state index contributed by atoms with van der Waals surface area (Å²) in [6, 6.07) is 8.28. The van der Waals surface area contributed by atoms with Gasteiger partial charge in [0.05, 0.1) is 33.0 Å². The topological polar surface area (TPSA) is 181 Å². The van der Waals surface area contributed by atoms with E-state index in [1.807, 2.05) is 4.90 Å². The van der Waals surface area contributed by atoms with E-state index in [-0.39, 0.29) is 47.7 Å².